The van der Waals surface area contributed by atoms with Crippen LogP contribution in [0.4, 0.5) is 0 Å². The molecular weight excluding hydrogens is 192 g/mol. The van der Waals surface area contributed by atoms with E-state index in [1.807, 2.05) is 17.5 Å². The fourth-order valence-corrected chi connectivity index (χ4v) is 2.27. The Labute approximate surface area is 89.8 Å². The van der Waals surface area contributed by atoms with Crippen molar-refractivity contribution >= 4 is 11.3 Å². The molecule has 1 N–H and O–H groups in total. The lowest BCUT2D eigenvalue weighted by molar-refractivity contribution is 0.637. The Balaban J connectivity index is 1.77. The van der Waals surface area contributed by atoms with Crippen molar-refractivity contribution in [2.45, 2.75) is 39.2 Å². The van der Waals surface area contributed by atoms with Crippen LogP contribution >= 0.6 is 11.3 Å². The van der Waals surface area contributed by atoms with Crippen molar-refractivity contribution in [1.29, 1.82) is 0 Å². The second-order valence-corrected chi connectivity index (χ2v) is 5.53. The molecule has 1 heterocycles. The van der Waals surface area contributed by atoms with Gasteiger partial charge in [-0.05, 0) is 31.2 Å². The monoisotopic (exact) mass is 210 g/mol. The second kappa shape index (κ2) is 4.41. The number of thiazole rings is 1. The van der Waals surface area contributed by atoms with Crippen LogP contribution in [-0.2, 0) is 6.54 Å². The Kier molecular flexibility index (Phi) is 3.19. The zero-order valence-corrected chi connectivity index (χ0v) is 9.73. The first kappa shape index (κ1) is 10.1. The standard InChI is InChI=1S/C11H18N2S/c1-8(2)10-6-13-11(14-10)7-12-5-9-3-4-9/h6,8-9,12H,3-5,7H2,1-2H3. The molecule has 1 aromatic rings. The van der Waals surface area contributed by atoms with Crippen LogP contribution in [0.15, 0.2) is 6.20 Å². The number of aromatic nitrogens is 1. The average molecular weight is 210 g/mol. The van der Waals surface area contributed by atoms with Gasteiger partial charge >= 0.3 is 0 Å². The van der Waals surface area contributed by atoms with E-state index in [1.54, 1.807) is 0 Å². The number of rotatable bonds is 5. The predicted octanol–water partition coefficient (Wildman–Crippen LogP) is 2.77. The van der Waals surface area contributed by atoms with E-state index < -0.39 is 0 Å². The van der Waals surface area contributed by atoms with E-state index in [4.69, 9.17) is 0 Å². The van der Waals surface area contributed by atoms with Gasteiger partial charge in [0, 0.05) is 17.6 Å². The SMILES string of the molecule is CC(C)c1cnc(CNCC2CC2)s1. The van der Waals surface area contributed by atoms with Crippen LogP contribution in [0.2, 0.25) is 0 Å². The highest BCUT2D eigenvalue weighted by molar-refractivity contribution is 7.11. The summed E-state index contributed by atoms with van der Waals surface area (Å²) >= 11 is 1.84. The highest BCUT2D eigenvalue weighted by atomic mass is 32.1. The number of hydrogen-bond acceptors (Lipinski definition) is 3. The van der Waals surface area contributed by atoms with Crippen LogP contribution in [0.25, 0.3) is 0 Å². The first-order valence-corrected chi connectivity index (χ1v) is 6.22. The Hall–Kier alpha value is -0.410. The van der Waals surface area contributed by atoms with Crippen molar-refractivity contribution in [2.75, 3.05) is 6.54 Å². The molecule has 3 heteroatoms. The van der Waals surface area contributed by atoms with Crippen LogP contribution in [0.1, 0.15) is 42.5 Å². The van der Waals surface area contributed by atoms with Gasteiger partial charge in [0.25, 0.3) is 0 Å². The summed E-state index contributed by atoms with van der Waals surface area (Å²) in [7, 11) is 0. The van der Waals surface area contributed by atoms with Gasteiger partial charge in [-0.1, -0.05) is 13.8 Å². The molecule has 14 heavy (non-hydrogen) atoms. The quantitative estimate of drug-likeness (QED) is 0.808. The van der Waals surface area contributed by atoms with Gasteiger partial charge < -0.3 is 5.32 Å². The maximum Gasteiger partial charge on any atom is 0.107 e. The van der Waals surface area contributed by atoms with Gasteiger partial charge in [0.05, 0.1) is 0 Å². The zero-order chi connectivity index (χ0) is 9.97. The Morgan fingerprint density at radius 1 is 1.57 bits per heavy atom. The highest BCUT2D eigenvalue weighted by Crippen LogP contribution is 2.28. The van der Waals surface area contributed by atoms with E-state index in [9.17, 15) is 0 Å². The lowest BCUT2D eigenvalue weighted by Crippen LogP contribution is -2.15. The lowest BCUT2D eigenvalue weighted by atomic mass is 10.2. The van der Waals surface area contributed by atoms with Gasteiger partial charge in [-0.15, -0.1) is 11.3 Å². The van der Waals surface area contributed by atoms with E-state index in [0.29, 0.717) is 5.92 Å². The third-order valence-corrected chi connectivity index (χ3v) is 3.84. The molecule has 0 radical (unpaired) electrons. The van der Waals surface area contributed by atoms with Crippen molar-refractivity contribution in [3.8, 4) is 0 Å². The van der Waals surface area contributed by atoms with Crippen LogP contribution in [0.5, 0.6) is 0 Å². The molecule has 0 unspecified atom stereocenters. The molecule has 0 spiro atoms. The molecule has 0 bridgehead atoms. The Morgan fingerprint density at radius 3 is 2.93 bits per heavy atom. The predicted molar refractivity (Wildman–Crippen MR) is 60.6 cm³/mol. The molecule has 1 saturated carbocycles. The van der Waals surface area contributed by atoms with Crippen LogP contribution in [0.3, 0.4) is 0 Å². The third kappa shape index (κ3) is 2.79. The Morgan fingerprint density at radius 2 is 2.36 bits per heavy atom. The van der Waals surface area contributed by atoms with E-state index in [0.717, 1.165) is 12.5 Å². The van der Waals surface area contributed by atoms with Gasteiger partial charge in [0.15, 0.2) is 0 Å². The number of nitrogens with zero attached hydrogens (tertiary/aromatic N) is 1. The van der Waals surface area contributed by atoms with Crippen molar-refractivity contribution in [1.82, 2.24) is 10.3 Å². The largest absolute Gasteiger partial charge is 0.310 e. The minimum atomic E-state index is 0.615. The summed E-state index contributed by atoms with van der Waals surface area (Å²) in [6.07, 6.45) is 4.85. The highest BCUT2D eigenvalue weighted by Gasteiger charge is 2.20. The molecule has 0 aromatic carbocycles. The van der Waals surface area contributed by atoms with Gasteiger partial charge in [0.1, 0.15) is 5.01 Å². The smallest absolute Gasteiger partial charge is 0.107 e. The van der Waals surface area contributed by atoms with Gasteiger partial charge in [0.2, 0.25) is 0 Å². The summed E-state index contributed by atoms with van der Waals surface area (Å²) in [5.41, 5.74) is 0. The normalized spacial score (nSPS) is 16.5. The van der Waals surface area contributed by atoms with Gasteiger partial charge in [-0.2, -0.15) is 0 Å². The zero-order valence-electron chi connectivity index (χ0n) is 8.92. The minimum absolute atomic E-state index is 0.615. The van der Waals surface area contributed by atoms with E-state index >= 15 is 0 Å². The van der Waals surface area contributed by atoms with Crippen molar-refractivity contribution in [3.63, 3.8) is 0 Å². The molecule has 1 aromatic heterocycles. The topological polar surface area (TPSA) is 24.9 Å². The summed E-state index contributed by atoms with van der Waals surface area (Å²) in [4.78, 5) is 5.81. The summed E-state index contributed by atoms with van der Waals surface area (Å²) in [6, 6.07) is 0. The van der Waals surface area contributed by atoms with Crippen molar-refractivity contribution in [2.24, 2.45) is 5.92 Å². The summed E-state index contributed by atoms with van der Waals surface area (Å²) in [6.45, 7) is 6.56. The minimum Gasteiger partial charge on any atom is -0.310 e. The number of hydrogen-bond donors (Lipinski definition) is 1. The Bertz CT molecular complexity index is 289. The van der Waals surface area contributed by atoms with Crippen molar-refractivity contribution < 1.29 is 0 Å². The molecule has 2 nitrogen and oxygen atoms in total. The fourth-order valence-electron chi connectivity index (χ4n) is 1.38. The molecule has 1 fully saturated rings. The van der Waals surface area contributed by atoms with Crippen LogP contribution in [0, 0.1) is 5.92 Å². The molecule has 0 aliphatic heterocycles. The summed E-state index contributed by atoms with van der Waals surface area (Å²) < 4.78 is 0. The van der Waals surface area contributed by atoms with Crippen molar-refractivity contribution in [3.05, 3.63) is 16.1 Å². The molecule has 2 rings (SSSR count). The fraction of sp³-hybridized carbons (Fsp3) is 0.727. The first-order valence-electron chi connectivity index (χ1n) is 5.41. The van der Waals surface area contributed by atoms with E-state index in [1.165, 1.54) is 29.3 Å². The maximum absolute atomic E-state index is 4.41. The average Bonchev–Trinajstić information content (AvgIpc) is 2.82. The lowest BCUT2D eigenvalue weighted by Gasteiger charge is -1.99. The maximum atomic E-state index is 4.41. The van der Waals surface area contributed by atoms with Crippen LogP contribution < -0.4 is 5.32 Å². The summed E-state index contributed by atoms with van der Waals surface area (Å²) in [5.74, 6) is 1.57. The van der Waals surface area contributed by atoms with Crippen LogP contribution in [-0.4, -0.2) is 11.5 Å². The van der Waals surface area contributed by atoms with Gasteiger partial charge in [-0.3, -0.25) is 0 Å². The summed E-state index contributed by atoms with van der Waals surface area (Å²) in [5, 5.41) is 4.69. The molecule has 0 amide bonds. The molecule has 1 aliphatic rings. The third-order valence-electron chi connectivity index (χ3n) is 2.55. The first-order chi connectivity index (χ1) is 6.75. The van der Waals surface area contributed by atoms with Gasteiger partial charge in [-0.25, -0.2) is 4.98 Å². The molecule has 1 aliphatic carbocycles. The van der Waals surface area contributed by atoms with E-state index in [-0.39, 0.29) is 0 Å². The molecule has 0 atom stereocenters. The molecular formula is C11H18N2S. The number of nitrogens with one attached hydrogen (secondary N) is 1. The molecule has 0 saturated heterocycles. The van der Waals surface area contributed by atoms with E-state index in [2.05, 4.69) is 24.1 Å². The molecule has 78 valence electrons. The second-order valence-electron chi connectivity index (χ2n) is 4.39.